The summed E-state index contributed by atoms with van der Waals surface area (Å²) in [7, 11) is 2.18. The molecule has 2 aromatic rings. The van der Waals surface area contributed by atoms with Crippen molar-refractivity contribution in [2.75, 3.05) is 69.2 Å². The lowest BCUT2D eigenvalue weighted by atomic mass is 10.1. The number of nitrogens with one attached hydrogen (secondary N) is 1. The van der Waals surface area contributed by atoms with Crippen molar-refractivity contribution in [3.8, 4) is 0 Å². The molecule has 2 heterocycles. The molecule has 2 aliphatic heterocycles. The molecule has 4 nitrogen and oxygen atoms in total. The fourth-order valence-corrected chi connectivity index (χ4v) is 4.70. The van der Waals surface area contributed by atoms with Gasteiger partial charge >= 0.3 is 0 Å². The average Bonchev–Trinajstić information content (AvgIpc) is 2.88. The normalized spacial score (nSPS) is 16.3. The number of aryl methyl sites for hydroxylation is 2. The van der Waals surface area contributed by atoms with Gasteiger partial charge in [0.05, 0.1) is 0 Å². The van der Waals surface area contributed by atoms with E-state index < -0.39 is 0 Å². The van der Waals surface area contributed by atoms with Crippen LogP contribution < -0.4 is 15.1 Å². The first-order valence-electron chi connectivity index (χ1n) is 13.0. The highest BCUT2D eigenvalue weighted by atomic mass is 35.5. The smallest absolute Gasteiger partial charge is 0.0439 e. The molecule has 0 aliphatic carbocycles. The Balaban J connectivity index is 0.000000225. The zero-order chi connectivity index (χ0) is 24.9. The molecule has 6 heteroatoms. The van der Waals surface area contributed by atoms with E-state index in [0.29, 0.717) is 0 Å². The lowest BCUT2D eigenvalue weighted by Crippen LogP contribution is -2.44. The maximum absolute atomic E-state index is 6.21. The van der Waals surface area contributed by atoms with Crippen molar-refractivity contribution < 1.29 is 0 Å². The van der Waals surface area contributed by atoms with E-state index in [1.165, 1.54) is 22.5 Å². The van der Waals surface area contributed by atoms with E-state index in [9.17, 15) is 0 Å². The van der Waals surface area contributed by atoms with Gasteiger partial charge in [0.1, 0.15) is 0 Å². The molecule has 2 fully saturated rings. The highest BCUT2D eigenvalue weighted by molar-refractivity contribution is 6.31. The van der Waals surface area contributed by atoms with Crippen LogP contribution in [0, 0.1) is 0 Å². The van der Waals surface area contributed by atoms with Crippen LogP contribution in [0.2, 0.25) is 10.0 Å². The first kappa shape index (κ1) is 28.8. The Morgan fingerprint density at radius 1 is 0.735 bits per heavy atom. The van der Waals surface area contributed by atoms with E-state index in [0.717, 1.165) is 81.7 Å². The largest absolute Gasteiger partial charge is 0.369 e. The Kier molecular flexibility index (Phi) is 13.1. The second-order valence-electron chi connectivity index (χ2n) is 8.68. The molecule has 2 aromatic carbocycles. The van der Waals surface area contributed by atoms with Crippen LogP contribution in [0.25, 0.3) is 0 Å². The highest BCUT2D eigenvalue weighted by Crippen LogP contribution is 2.25. The van der Waals surface area contributed by atoms with Gasteiger partial charge in [-0.2, -0.15) is 0 Å². The Hall–Kier alpha value is -1.46. The molecule has 0 atom stereocenters. The van der Waals surface area contributed by atoms with Gasteiger partial charge in [0.15, 0.2) is 0 Å². The second kappa shape index (κ2) is 15.5. The van der Waals surface area contributed by atoms with E-state index >= 15 is 0 Å². The van der Waals surface area contributed by atoms with E-state index in [4.69, 9.17) is 23.2 Å². The van der Waals surface area contributed by atoms with Crippen LogP contribution >= 0.6 is 23.2 Å². The summed E-state index contributed by atoms with van der Waals surface area (Å²) in [5.74, 6) is 0. The molecule has 0 aromatic heterocycles. The Bertz CT molecular complexity index is 844. The summed E-state index contributed by atoms with van der Waals surface area (Å²) in [6, 6.07) is 12.8. The monoisotopic (exact) mass is 506 g/mol. The fraction of sp³-hybridized carbons (Fsp3) is 0.571. The maximum atomic E-state index is 6.21. The van der Waals surface area contributed by atoms with Crippen LogP contribution in [0.3, 0.4) is 0 Å². The number of rotatable bonds is 5. The molecule has 34 heavy (non-hydrogen) atoms. The van der Waals surface area contributed by atoms with E-state index in [2.05, 4.69) is 65.2 Å². The van der Waals surface area contributed by atoms with Crippen LogP contribution in [-0.4, -0.2) is 64.3 Å². The van der Waals surface area contributed by atoms with Crippen molar-refractivity contribution in [3.63, 3.8) is 0 Å². The van der Waals surface area contributed by atoms with Crippen molar-refractivity contribution in [2.45, 2.75) is 47.0 Å². The first-order valence-corrected chi connectivity index (χ1v) is 13.7. The molecule has 2 aliphatic rings. The van der Waals surface area contributed by atoms with Gasteiger partial charge < -0.3 is 20.0 Å². The molecule has 2 saturated heterocycles. The maximum Gasteiger partial charge on any atom is 0.0439 e. The van der Waals surface area contributed by atoms with Crippen molar-refractivity contribution in [3.05, 3.63) is 57.6 Å². The van der Waals surface area contributed by atoms with Crippen LogP contribution in [0.15, 0.2) is 36.4 Å². The molecule has 0 saturated carbocycles. The third-order valence-corrected chi connectivity index (χ3v) is 7.05. The van der Waals surface area contributed by atoms with Gasteiger partial charge in [0.25, 0.3) is 0 Å². The molecule has 1 N–H and O–H groups in total. The molecular formula is C28H44Cl2N4. The topological polar surface area (TPSA) is 21.8 Å². The van der Waals surface area contributed by atoms with Gasteiger partial charge in [0, 0.05) is 73.8 Å². The number of piperazine rings is 2. The Morgan fingerprint density at radius 2 is 1.24 bits per heavy atom. The van der Waals surface area contributed by atoms with Gasteiger partial charge in [-0.25, -0.2) is 0 Å². The summed E-state index contributed by atoms with van der Waals surface area (Å²) in [5.41, 5.74) is 5.15. The standard InChI is InChI=1S/C14H21ClN2.C12H17ClN2.C2H6/c1-3-4-12-11-13(5-6-14(12)15)17-9-7-16(2)8-10-17;1-2-10-9-11(3-4-12(10)13)15-7-5-14-6-8-15;1-2/h5-6,11H,3-4,7-10H2,1-2H3;3-4,9,14H,2,5-8H2,1H3;1-2H3. The summed E-state index contributed by atoms with van der Waals surface area (Å²) in [5, 5.41) is 5.15. The predicted molar refractivity (Wildman–Crippen MR) is 152 cm³/mol. The van der Waals surface area contributed by atoms with Crippen LogP contribution in [0.4, 0.5) is 11.4 Å². The summed E-state index contributed by atoms with van der Waals surface area (Å²) < 4.78 is 0. The van der Waals surface area contributed by atoms with Crippen molar-refractivity contribution >= 4 is 34.6 Å². The number of nitrogens with zero attached hydrogens (tertiary/aromatic N) is 3. The summed E-state index contributed by atoms with van der Waals surface area (Å²) in [6.07, 6.45) is 3.21. The summed E-state index contributed by atoms with van der Waals surface area (Å²) >= 11 is 12.3. The third-order valence-electron chi connectivity index (χ3n) is 6.31. The predicted octanol–water partition coefficient (Wildman–Crippen LogP) is 6.38. The highest BCUT2D eigenvalue weighted by Gasteiger charge is 2.15. The van der Waals surface area contributed by atoms with Crippen molar-refractivity contribution in [1.82, 2.24) is 10.2 Å². The number of benzene rings is 2. The van der Waals surface area contributed by atoms with Gasteiger partial charge in [-0.05, 0) is 67.4 Å². The van der Waals surface area contributed by atoms with Crippen molar-refractivity contribution in [1.29, 1.82) is 0 Å². The van der Waals surface area contributed by atoms with Gasteiger partial charge in [0.2, 0.25) is 0 Å². The van der Waals surface area contributed by atoms with Gasteiger partial charge in [-0.1, -0.05) is 57.3 Å². The number of halogens is 2. The van der Waals surface area contributed by atoms with Crippen LogP contribution in [0.1, 0.15) is 45.2 Å². The minimum atomic E-state index is 0.886. The molecule has 0 spiro atoms. The number of likely N-dealkylation sites (N-methyl/N-ethyl adjacent to an activating group) is 1. The number of hydrogen-bond donors (Lipinski definition) is 1. The lowest BCUT2D eigenvalue weighted by molar-refractivity contribution is 0.313. The fourth-order valence-electron chi connectivity index (χ4n) is 4.24. The lowest BCUT2D eigenvalue weighted by Gasteiger charge is -2.34. The van der Waals surface area contributed by atoms with Gasteiger partial charge in [-0.3, -0.25) is 0 Å². The minimum absolute atomic E-state index is 0.886. The zero-order valence-corrected chi connectivity index (χ0v) is 23.4. The minimum Gasteiger partial charge on any atom is -0.369 e. The van der Waals surface area contributed by atoms with Crippen LogP contribution in [0.5, 0.6) is 0 Å². The summed E-state index contributed by atoms with van der Waals surface area (Å²) in [4.78, 5) is 7.24. The van der Waals surface area contributed by atoms with E-state index in [1.54, 1.807) is 0 Å². The average molecular weight is 508 g/mol. The second-order valence-corrected chi connectivity index (χ2v) is 9.50. The van der Waals surface area contributed by atoms with Crippen LogP contribution in [-0.2, 0) is 12.8 Å². The SMILES string of the molecule is CC.CCCc1cc(N2CCN(C)CC2)ccc1Cl.CCc1cc(N2CCNCC2)ccc1Cl. The van der Waals surface area contributed by atoms with Crippen molar-refractivity contribution in [2.24, 2.45) is 0 Å². The molecule has 190 valence electrons. The molecule has 0 amide bonds. The first-order chi connectivity index (χ1) is 16.5. The Morgan fingerprint density at radius 3 is 1.76 bits per heavy atom. The third kappa shape index (κ3) is 8.64. The molecule has 0 bridgehead atoms. The molecule has 0 radical (unpaired) electrons. The van der Waals surface area contributed by atoms with E-state index in [1.807, 2.05) is 26.0 Å². The molecular weight excluding hydrogens is 463 g/mol. The zero-order valence-electron chi connectivity index (χ0n) is 21.8. The number of hydrogen-bond acceptors (Lipinski definition) is 4. The Labute approximate surface area is 218 Å². The van der Waals surface area contributed by atoms with Gasteiger partial charge in [-0.15, -0.1) is 0 Å². The number of anilines is 2. The molecule has 0 unspecified atom stereocenters. The quantitative estimate of drug-likeness (QED) is 0.507. The van der Waals surface area contributed by atoms with E-state index in [-0.39, 0.29) is 0 Å². The molecule has 4 rings (SSSR count). The summed E-state index contributed by atoms with van der Waals surface area (Å²) in [6.45, 7) is 17.2.